The first kappa shape index (κ1) is 21.3. The van der Waals surface area contributed by atoms with Gasteiger partial charge in [0.15, 0.2) is 0 Å². The summed E-state index contributed by atoms with van der Waals surface area (Å²) < 4.78 is 4.18. The van der Waals surface area contributed by atoms with E-state index in [0.29, 0.717) is 23.7 Å². The first-order valence-corrected chi connectivity index (χ1v) is 13.4. The fourth-order valence-corrected chi connectivity index (χ4v) is 9.04. The SMILES string of the molecule is CC(C)CCC[C@@H](C)C1CCC2C1CCC1C3Cc4snnc4CC3C(O)C(O)C12. The number of aliphatic hydroxyl groups excluding tert-OH is 2. The number of hydrogen-bond acceptors (Lipinski definition) is 5. The average molecular weight is 433 g/mol. The highest BCUT2D eigenvalue weighted by Gasteiger charge is 2.58. The summed E-state index contributed by atoms with van der Waals surface area (Å²) in [6, 6.07) is 0. The molecule has 30 heavy (non-hydrogen) atoms. The maximum atomic E-state index is 11.3. The molecule has 1 aromatic rings. The van der Waals surface area contributed by atoms with Crippen LogP contribution in [0.4, 0.5) is 0 Å². The minimum atomic E-state index is -0.590. The van der Waals surface area contributed by atoms with E-state index in [9.17, 15) is 10.2 Å². The van der Waals surface area contributed by atoms with E-state index in [1.54, 1.807) is 11.5 Å². The molecule has 4 aliphatic carbocycles. The van der Waals surface area contributed by atoms with Crippen molar-refractivity contribution in [1.82, 2.24) is 9.59 Å². The monoisotopic (exact) mass is 432 g/mol. The van der Waals surface area contributed by atoms with Gasteiger partial charge in [-0.05, 0) is 103 Å². The number of aliphatic hydroxyl groups is 2. The molecule has 9 unspecified atom stereocenters. The molecule has 3 fully saturated rings. The van der Waals surface area contributed by atoms with Crippen LogP contribution in [0.5, 0.6) is 0 Å². The van der Waals surface area contributed by atoms with E-state index in [-0.39, 0.29) is 5.92 Å². The Hall–Kier alpha value is -0.520. The Morgan fingerprint density at radius 3 is 2.40 bits per heavy atom. The van der Waals surface area contributed by atoms with Gasteiger partial charge in [-0.2, -0.15) is 0 Å². The Kier molecular flexibility index (Phi) is 6.00. The molecule has 1 heterocycles. The van der Waals surface area contributed by atoms with E-state index in [1.807, 2.05) is 0 Å². The van der Waals surface area contributed by atoms with Crippen molar-refractivity contribution in [2.24, 2.45) is 53.3 Å². The second-order valence-corrected chi connectivity index (χ2v) is 12.4. The van der Waals surface area contributed by atoms with Crippen LogP contribution in [0.15, 0.2) is 0 Å². The molecular weight excluding hydrogens is 392 g/mol. The van der Waals surface area contributed by atoms with E-state index in [2.05, 4.69) is 30.4 Å². The lowest BCUT2D eigenvalue weighted by Crippen LogP contribution is -2.58. The highest BCUT2D eigenvalue weighted by molar-refractivity contribution is 7.05. The van der Waals surface area contributed by atoms with Crippen LogP contribution in [0.1, 0.15) is 76.3 Å². The number of nitrogens with zero attached hydrogens (tertiary/aromatic N) is 2. The van der Waals surface area contributed by atoms with E-state index in [1.165, 1.54) is 49.8 Å². The quantitative estimate of drug-likeness (QED) is 0.705. The summed E-state index contributed by atoms with van der Waals surface area (Å²) in [7, 11) is 0. The topological polar surface area (TPSA) is 66.2 Å². The Labute approximate surface area is 186 Å². The lowest BCUT2D eigenvalue weighted by molar-refractivity contribution is -0.163. The molecule has 4 aliphatic rings. The Balaban J connectivity index is 1.32. The van der Waals surface area contributed by atoms with E-state index < -0.39 is 12.2 Å². The standard InChI is InChI=1S/C25H40N2O2S/c1-13(2)5-4-6-14(3)15-7-9-17-16(15)8-10-18-19-12-22-21(26-27-30-22)11-20(19)24(28)25(29)23(17)18/h13-20,23-25,28-29H,4-12H2,1-3H3/t14-,15?,16?,17?,18?,19?,20?,23?,24?,25?/m1/s1. The first-order valence-electron chi connectivity index (χ1n) is 12.6. The van der Waals surface area contributed by atoms with E-state index >= 15 is 0 Å². The fourth-order valence-electron chi connectivity index (χ4n) is 8.31. The molecule has 5 rings (SSSR count). The van der Waals surface area contributed by atoms with Crippen molar-refractivity contribution in [3.63, 3.8) is 0 Å². The van der Waals surface area contributed by atoms with Crippen molar-refractivity contribution in [3.8, 4) is 0 Å². The summed E-state index contributed by atoms with van der Waals surface area (Å²) in [5.74, 6) is 5.36. The zero-order chi connectivity index (χ0) is 21.0. The van der Waals surface area contributed by atoms with Crippen molar-refractivity contribution in [2.45, 2.75) is 90.8 Å². The molecule has 0 saturated heterocycles. The summed E-state index contributed by atoms with van der Waals surface area (Å²) in [5.41, 5.74) is 1.08. The first-order chi connectivity index (χ1) is 14.5. The number of rotatable bonds is 5. The third-order valence-electron chi connectivity index (χ3n) is 9.69. The highest BCUT2D eigenvalue weighted by Crippen LogP contribution is 2.60. The zero-order valence-corrected chi connectivity index (χ0v) is 19.7. The Bertz CT molecular complexity index is 736. The molecule has 0 spiro atoms. The van der Waals surface area contributed by atoms with Gasteiger partial charge in [-0.25, -0.2) is 0 Å². The molecule has 3 saturated carbocycles. The van der Waals surface area contributed by atoms with Gasteiger partial charge in [0.05, 0.1) is 17.9 Å². The highest BCUT2D eigenvalue weighted by atomic mass is 32.1. The molecule has 5 heteroatoms. The maximum Gasteiger partial charge on any atom is 0.0836 e. The third kappa shape index (κ3) is 3.57. The van der Waals surface area contributed by atoms with Gasteiger partial charge in [-0.1, -0.05) is 44.5 Å². The predicted octanol–water partition coefficient (Wildman–Crippen LogP) is 4.74. The van der Waals surface area contributed by atoms with Crippen molar-refractivity contribution < 1.29 is 10.2 Å². The second-order valence-electron chi connectivity index (χ2n) is 11.5. The molecule has 0 aromatic carbocycles. The van der Waals surface area contributed by atoms with Crippen LogP contribution in [0.25, 0.3) is 0 Å². The van der Waals surface area contributed by atoms with Crippen LogP contribution in [0, 0.1) is 53.3 Å². The summed E-state index contributed by atoms with van der Waals surface area (Å²) in [6.45, 7) is 7.15. The number of aromatic nitrogens is 2. The van der Waals surface area contributed by atoms with Crippen LogP contribution in [0.3, 0.4) is 0 Å². The summed E-state index contributed by atoms with van der Waals surface area (Å²) in [4.78, 5) is 1.34. The van der Waals surface area contributed by atoms with Gasteiger partial charge in [0.1, 0.15) is 0 Å². The van der Waals surface area contributed by atoms with E-state index in [0.717, 1.165) is 42.2 Å². The average Bonchev–Trinajstić information content (AvgIpc) is 3.36. The van der Waals surface area contributed by atoms with Gasteiger partial charge < -0.3 is 10.2 Å². The molecule has 0 radical (unpaired) electrons. The normalized spacial score (nSPS) is 43.6. The smallest absolute Gasteiger partial charge is 0.0836 e. The number of fused-ring (bicyclic) bond motifs is 6. The van der Waals surface area contributed by atoms with Crippen molar-refractivity contribution >= 4 is 11.5 Å². The van der Waals surface area contributed by atoms with Crippen molar-refractivity contribution in [1.29, 1.82) is 0 Å². The summed E-state index contributed by atoms with van der Waals surface area (Å²) in [5, 5.41) is 26.7. The van der Waals surface area contributed by atoms with Crippen molar-refractivity contribution in [3.05, 3.63) is 10.6 Å². The van der Waals surface area contributed by atoms with Crippen LogP contribution in [-0.4, -0.2) is 32.0 Å². The maximum absolute atomic E-state index is 11.3. The van der Waals surface area contributed by atoms with Crippen LogP contribution in [-0.2, 0) is 12.8 Å². The van der Waals surface area contributed by atoms with Crippen molar-refractivity contribution in [2.75, 3.05) is 0 Å². The van der Waals surface area contributed by atoms with Crippen LogP contribution >= 0.6 is 11.5 Å². The van der Waals surface area contributed by atoms with Gasteiger partial charge in [0.25, 0.3) is 0 Å². The largest absolute Gasteiger partial charge is 0.390 e. The molecule has 10 atom stereocenters. The molecule has 0 amide bonds. The lowest BCUT2D eigenvalue weighted by atomic mass is 9.51. The number of hydrogen-bond donors (Lipinski definition) is 2. The molecule has 1 aromatic heterocycles. The Morgan fingerprint density at radius 1 is 0.867 bits per heavy atom. The lowest BCUT2D eigenvalue weighted by Gasteiger charge is -2.55. The second kappa shape index (κ2) is 8.44. The van der Waals surface area contributed by atoms with Gasteiger partial charge >= 0.3 is 0 Å². The zero-order valence-electron chi connectivity index (χ0n) is 18.9. The predicted molar refractivity (Wildman–Crippen MR) is 120 cm³/mol. The molecule has 2 N–H and O–H groups in total. The molecule has 4 nitrogen and oxygen atoms in total. The minimum Gasteiger partial charge on any atom is -0.390 e. The van der Waals surface area contributed by atoms with E-state index in [4.69, 9.17) is 0 Å². The van der Waals surface area contributed by atoms with Gasteiger partial charge in [0.2, 0.25) is 0 Å². The molecule has 0 aliphatic heterocycles. The van der Waals surface area contributed by atoms with Crippen LogP contribution in [0.2, 0.25) is 0 Å². The fraction of sp³-hybridized carbons (Fsp3) is 0.920. The summed E-state index contributed by atoms with van der Waals surface area (Å²) in [6.07, 6.45) is 9.93. The minimum absolute atomic E-state index is 0.168. The summed E-state index contributed by atoms with van der Waals surface area (Å²) >= 11 is 1.55. The van der Waals surface area contributed by atoms with Crippen LogP contribution < -0.4 is 0 Å². The third-order valence-corrected chi connectivity index (χ3v) is 10.5. The van der Waals surface area contributed by atoms with Gasteiger partial charge in [-0.15, -0.1) is 5.10 Å². The van der Waals surface area contributed by atoms with Gasteiger partial charge in [-0.3, -0.25) is 0 Å². The van der Waals surface area contributed by atoms with Gasteiger partial charge in [0, 0.05) is 4.88 Å². The molecule has 0 bridgehead atoms. The molecule has 168 valence electrons. The molecular formula is C25H40N2O2S. The Morgan fingerprint density at radius 2 is 1.60 bits per heavy atom.